The van der Waals surface area contributed by atoms with E-state index < -0.39 is 16.7 Å². The van der Waals surface area contributed by atoms with Gasteiger partial charge in [0.25, 0.3) is 5.56 Å². The first kappa shape index (κ1) is 21.4. The van der Waals surface area contributed by atoms with E-state index in [4.69, 9.17) is 4.98 Å². The van der Waals surface area contributed by atoms with Crippen molar-refractivity contribution in [3.63, 3.8) is 0 Å². The summed E-state index contributed by atoms with van der Waals surface area (Å²) in [5.41, 5.74) is 3.11. The fourth-order valence-electron chi connectivity index (χ4n) is 4.42. The molecule has 0 aliphatic rings. The maximum absolute atomic E-state index is 13.1. The Bertz CT molecular complexity index is 1970. The third-order valence-corrected chi connectivity index (χ3v) is 6.43. The van der Waals surface area contributed by atoms with Gasteiger partial charge in [-0.2, -0.15) is 5.26 Å². The number of aromatic amines is 2. The summed E-state index contributed by atoms with van der Waals surface area (Å²) >= 11 is 0. The van der Waals surface area contributed by atoms with Crippen molar-refractivity contribution in [2.24, 2.45) is 0 Å². The van der Waals surface area contributed by atoms with E-state index in [0.717, 1.165) is 22.2 Å². The number of pyridine rings is 3. The van der Waals surface area contributed by atoms with Crippen LogP contribution < -0.4 is 11.2 Å². The van der Waals surface area contributed by atoms with Crippen molar-refractivity contribution >= 4 is 33.0 Å². The van der Waals surface area contributed by atoms with Crippen LogP contribution in [-0.4, -0.2) is 29.5 Å². The lowest BCUT2D eigenvalue weighted by Gasteiger charge is -2.17. The normalized spacial score (nSPS) is 11.8. The summed E-state index contributed by atoms with van der Waals surface area (Å²) in [5, 5.41) is 10.6. The van der Waals surface area contributed by atoms with Gasteiger partial charge in [-0.3, -0.25) is 19.3 Å². The highest BCUT2D eigenvalue weighted by atomic mass is 16.2. The predicted molar refractivity (Wildman–Crippen MR) is 137 cm³/mol. The molecular weight excluding hydrogens is 454 g/mol. The summed E-state index contributed by atoms with van der Waals surface area (Å²) in [6.07, 6.45) is 5.00. The smallest absolute Gasteiger partial charge is 0.333 e. The Morgan fingerprint density at radius 1 is 1.00 bits per heavy atom. The van der Waals surface area contributed by atoms with Crippen LogP contribution >= 0.6 is 0 Å². The largest absolute Gasteiger partial charge is 0.345 e. The SMILES string of the molecule is CC(C)(C#N)c1ccc(-n2c(=O)[nH]c(=O)c3cnc4ccc(-c5c[nH]c6ncccc56)nc4c32)cc1. The number of benzene rings is 1. The van der Waals surface area contributed by atoms with Crippen LogP contribution in [0.15, 0.2) is 76.7 Å². The number of hydrogen-bond donors (Lipinski definition) is 2. The third-order valence-electron chi connectivity index (χ3n) is 6.43. The number of H-pyrrole nitrogens is 2. The quantitative estimate of drug-likeness (QED) is 0.374. The van der Waals surface area contributed by atoms with Crippen molar-refractivity contribution in [1.29, 1.82) is 5.26 Å². The molecule has 174 valence electrons. The average Bonchev–Trinajstić information content (AvgIpc) is 3.33. The van der Waals surface area contributed by atoms with Gasteiger partial charge < -0.3 is 4.98 Å². The molecule has 0 saturated heterocycles. The predicted octanol–water partition coefficient (Wildman–Crippen LogP) is 3.97. The minimum Gasteiger partial charge on any atom is -0.345 e. The van der Waals surface area contributed by atoms with Crippen LogP contribution in [0.3, 0.4) is 0 Å². The van der Waals surface area contributed by atoms with E-state index in [1.165, 1.54) is 10.8 Å². The highest BCUT2D eigenvalue weighted by molar-refractivity contribution is 6.02. The first-order chi connectivity index (χ1) is 17.4. The molecule has 0 atom stereocenters. The van der Waals surface area contributed by atoms with Crippen LogP contribution in [0.4, 0.5) is 0 Å². The van der Waals surface area contributed by atoms with E-state index in [0.29, 0.717) is 27.9 Å². The van der Waals surface area contributed by atoms with Crippen LogP contribution in [0, 0.1) is 11.3 Å². The molecule has 0 saturated carbocycles. The minimum atomic E-state index is -0.683. The molecule has 6 rings (SSSR count). The summed E-state index contributed by atoms with van der Waals surface area (Å²) in [6.45, 7) is 3.66. The second-order valence-electron chi connectivity index (χ2n) is 9.06. The Balaban J connectivity index is 1.66. The first-order valence-corrected chi connectivity index (χ1v) is 11.3. The number of nitrogens with zero attached hydrogens (tertiary/aromatic N) is 5. The zero-order valence-electron chi connectivity index (χ0n) is 19.4. The van der Waals surface area contributed by atoms with Crippen molar-refractivity contribution in [3.8, 4) is 23.0 Å². The lowest BCUT2D eigenvalue weighted by Crippen LogP contribution is -2.29. The van der Waals surface area contributed by atoms with Gasteiger partial charge in [0, 0.05) is 29.5 Å². The van der Waals surface area contributed by atoms with Gasteiger partial charge in [-0.15, -0.1) is 0 Å². The van der Waals surface area contributed by atoms with E-state index in [-0.39, 0.29) is 5.39 Å². The highest BCUT2D eigenvalue weighted by Gasteiger charge is 2.21. The topological polar surface area (TPSA) is 133 Å². The van der Waals surface area contributed by atoms with Gasteiger partial charge in [-0.05, 0) is 55.8 Å². The fourth-order valence-corrected chi connectivity index (χ4v) is 4.42. The molecule has 9 nitrogen and oxygen atoms in total. The van der Waals surface area contributed by atoms with E-state index in [1.807, 2.05) is 56.4 Å². The van der Waals surface area contributed by atoms with E-state index in [9.17, 15) is 14.9 Å². The maximum Gasteiger partial charge on any atom is 0.333 e. The Labute approximate surface area is 203 Å². The monoisotopic (exact) mass is 473 g/mol. The Morgan fingerprint density at radius 3 is 2.58 bits per heavy atom. The summed E-state index contributed by atoms with van der Waals surface area (Å²) in [5.74, 6) is 0. The van der Waals surface area contributed by atoms with Crippen molar-refractivity contribution in [1.82, 2.24) is 29.5 Å². The van der Waals surface area contributed by atoms with Crippen molar-refractivity contribution in [3.05, 3.63) is 93.5 Å². The molecule has 0 aliphatic heterocycles. The Hall–Kier alpha value is -5.10. The fraction of sp³-hybridized carbons (Fsp3) is 0.111. The van der Waals surface area contributed by atoms with E-state index >= 15 is 0 Å². The van der Waals surface area contributed by atoms with Gasteiger partial charge >= 0.3 is 5.69 Å². The molecule has 0 radical (unpaired) electrons. The van der Waals surface area contributed by atoms with Gasteiger partial charge in [-0.1, -0.05) is 12.1 Å². The number of aromatic nitrogens is 6. The first-order valence-electron chi connectivity index (χ1n) is 11.3. The lowest BCUT2D eigenvalue weighted by atomic mass is 9.86. The lowest BCUT2D eigenvalue weighted by molar-refractivity contribution is 0.686. The van der Waals surface area contributed by atoms with Crippen LogP contribution in [0.2, 0.25) is 0 Å². The van der Waals surface area contributed by atoms with Crippen molar-refractivity contribution < 1.29 is 0 Å². The van der Waals surface area contributed by atoms with Crippen LogP contribution in [-0.2, 0) is 5.41 Å². The molecule has 6 aromatic rings. The molecule has 0 bridgehead atoms. The van der Waals surface area contributed by atoms with Crippen molar-refractivity contribution in [2.45, 2.75) is 19.3 Å². The standard InChI is InChI=1S/C27H19N7O2/c1-27(2,14-28)15-5-7-16(8-6-15)34-23-19(25(35)33-26(34)36)13-30-21-10-9-20(32-22(21)23)18-12-31-24-17(18)4-3-11-29-24/h3-13H,1-2H3,(H,29,31)(H,33,35,36). The van der Waals surface area contributed by atoms with Gasteiger partial charge in [0.2, 0.25) is 0 Å². The second kappa shape index (κ2) is 7.71. The summed E-state index contributed by atoms with van der Waals surface area (Å²) in [7, 11) is 0. The molecule has 1 aromatic carbocycles. The average molecular weight is 473 g/mol. The van der Waals surface area contributed by atoms with Crippen LogP contribution in [0.5, 0.6) is 0 Å². The Kier molecular flexibility index (Phi) is 4.59. The molecule has 0 spiro atoms. The van der Waals surface area contributed by atoms with Crippen LogP contribution in [0.1, 0.15) is 19.4 Å². The van der Waals surface area contributed by atoms with Gasteiger partial charge in [0.1, 0.15) is 11.2 Å². The number of nitriles is 1. The molecule has 9 heteroatoms. The summed E-state index contributed by atoms with van der Waals surface area (Å²) in [6, 6.07) is 16.9. The molecule has 0 aliphatic carbocycles. The highest BCUT2D eigenvalue weighted by Crippen LogP contribution is 2.30. The van der Waals surface area contributed by atoms with Gasteiger partial charge in [0.05, 0.1) is 39.3 Å². The molecule has 5 aromatic heterocycles. The minimum absolute atomic E-state index is 0.244. The molecule has 0 unspecified atom stereocenters. The molecule has 36 heavy (non-hydrogen) atoms. The second-order valence-corrected chi connectivity index (χ2v) is 9.06. The van der Waals surface area contributed by atoms with E-state index in [2.05, 4.69) is 26.0 Å². The Morgan fingerprint density at radius 2 is 1.81 bits per heavy atom. The van der Waals surface area contributed by atoms with Crippen molar-refractivity contribution in [2.75, 3.05) is 0 Å². The maximum atomic E-state index is 13.1. The molecule has 2 N–H and O–H groups in total. The number of rotatable bonds is 3. The number of hydrogen-bond acceptors (Lipinski definition) is 6. The third kappa shape index (κ3) is 3.20. The molecule has 0 fully saturated rings. The zero-order valence-corrected chi connectivity index (χ0v) is 19.4. The molecule has 0 amide bonds. The van der Waals surface area contributed by atoms with Crippen LogP contribution in [0.25, 0.3) is 49.9 Å². The number of fused-ring (bicyclic) bond motifs is 4. The summed E-state index contributed by atoms with van der Waals surface area (Å²) in [4.78, 5) is 45.0. The summed E-state index contributed by atoms with van der Waals surface area (Å²) < 4.78 is 1.43. The molecule has 5 heterocycles. The molecular formula is C27H19N7O2. The number of nitrogens with one attached hydrogen (secondary N) is 2. The zero-order chi connectivity index (χ0) is 25.0. The van der Waals surface area contributed by atoms with Gasteiger partial charge in [-0.25, -0.2) is 14.8 Å². The van der Waals surface area contributed by atoms with Gasteiger partial charge in [0.15, 0.2) is 0 Å². The van der Waals surface area contributed by atoms with E-state index in [1.54, 1.807) is 18.3 Å².